The molecule has 0 unspecified atom stereocenters. The van der Waals surface area contributed by atoms with Crippen LogP contribution in [0.15, 0.2) is 47.4 Å². The zero-order valence-corrected chi connectivity index (χ0v) is 17.1. The lowest BCUT2D eigenvalue weighted by atomic mass is 10.3. The Morgan fingerprint density at radius 1 is 1.27 bits per heavy atom. The van der Waals surface area contributed by atoms with Crippen molar-refractivity contribution in [2.24, 2.45) is 5.92 Å². The fourth-order valence-corrected chi connectivity index (χ4v) is 3.90. The van der Waals surface area contributed by atoms with E-state index >= 15 is 0 Å². The van der Waals surface area contributed by atoms with Crippen LogP contribution in [0.25, 0.3) is 11.0 Å². The van der Waals surface area contributed by atoms with Crippen LogP contribution in [0.2, 0.25) is 0 Å². The highest BCUT2D eigenvalue weighted by Crippen LogP contribution is 2.30. The average Bonchev–Trinajstić information content (AvgIpc) is 3.49. The molecule has 1 aliphatic carbocycles. The molecule has 1 aliphatic rings. The molecule has 3 N–H and O–H groups in total. The van der Waals surface area contributed by atoms with Gasteiger partial charge in [0.05, 0.1) is 17.6 Å². The zero-order valence-electron chi connectivity index (χ0n) is 16.3. The van der Waals surface area contributed by atoms with Gasteiger partial charge in [0.2, 0.25) is 11.9 Å². The molecule has 1 aromatic heterocycles. The molecule has 0 spiro atoms. The van der Waals surface area contributed by atoms with E-state index in [9.17, 15) is 13.2 Å². The van der Waals surface area contributed by atoms with E-state index in [4.69, 9.17) is 9.29 Å². The Kier molecular flexibility index (Phi) is 5.35. The van der Waals surface area contributed by atoms with Gasteiger partial charge in [0.15, 0.2) is 0 Å². The molecule has 0 atom stereocenters. The van der Waals surface area contributed by atoms with Crippen molar-refractivity contribution in [1.82, 2.24) is 9.97 Å². The van der Waals surface area contributed by atoms with E-state index < -0.39 is 10.1 Å². The number of carbonyl (C=O) groups excluding carboxylic acids is 1. The largest absolute Gasteiger partial charge is 0.395 e. The standard InChI is InChI=1S/C20H22N4O5S/c1-24(10-11-25)14-4-7-16(8-5-14)30(27,28)29-15-6-9-17-18(12-15)22-20(21-17)23-19(26)13-2-3-13/h4-9,12-13,25H,2-3,10-11H2,1H3,(H2,21,22,23,26). The van der Waals surface area contributed by atoms with Gasteiger partial charge < -0.3 is 19.2 Å². The fraction of sp³-hybridized carbons (Fsp3) is 0.300. The van der Waals surface area contributed by atoms with Crippen LogP contribution < -0.4 is 14.4 Å². The number of nitrogens with zero attached hydrogens (tertiary/aromatic N) is 2. The van der Waals surface area contributed by atoms with Crippen LogP contribution in [0.4, 0.5) is 11.6 Å². The van der Waals surface area contributed by atoms with Crippen LogP contribution in [-0.2, 0) is 14.9 Å². The van der Waals surface area contributed by atoms with E-state index in [1.54, 1.807) is 25.2 Å². The van der Waals surface area contributed by atoms with Crippen molar-refractivity contribution in [3.8, 4) is 5.75 Å². The first-order chi connectivity index (χ1) is 14.4. The molecule has 2 aromatic carbocycles. The number of aliphatic hydroxyl groups is 1. The number of anilines is 2. The number of fused-ring (bicyclic) bond motifs is 1. The minimum Gasteiger partial charge on any atom is -0.395 e. The highest BCUT2D eigenvalue weighted by atomic mass is 32.2. The van der Waals surface area contributed by atoms with Gasteiger partial charge in [-0.1, -0.05) is 0 Å². The molecular weight excluding hydrogens is 408 g/mol. The maximum Gasteiger partial charge on any atom is 0.339 e. The summed E-state index contributed by atoms with van der Waals surface area (Å²) in [4.78, 5) is 21.0. The van der Waals surface area contributed by atoms with Gasteiger partial charge >= 0.3 is 10.1 Å². The second kappa shape index (κ2) is 7.96. The lowest BCUT2D eigenvalue weighted by Gasteiger charge is -2.18. The van der Waals surface area contributed by atoms with Crippen LogP contribution in [0.1, 0.15) is 12.8 Å². The number of rotatable bonds is 8. The summed E-state index contributed by atoms with van der Waals surface area (Å²) in [5, 5.41) is 11.7. The Morgan fingerprint density at radius 3 is 2.67 bits per heavy atom. The Bertz CT molecular complexity index is 1170. The summed E-state index contributed by atoms with van der Waals surface area (Å²) in [6.07, 6.45) is 1.78. The number of imidazole rings is 1. The predicted molar refractivity (Wildman–Crippen MR) is 112 cm³/mol. The molecule has 0 bridgehead atoms. The molecule has 3 aromatic rings. The monoisotopic (exact) mass is 430 g/mol. The van der Waals surface area contributed by atoms with Gasteiger partial charge in [-0.25, -0.2) is 4.98 Å². The number of amides is 1. The molecule has 30 heavy (non-hydrogen) atoms. The molecule has 0 saturated heterocycles. The lowest BCUT2D eigenvalue weighted by Crippen LogP contribution is -2.21. The van der Waals surface area contributed by atoms with Crippen molar-refractivity contribution in [3.05, 3.63) is 42.5 Å². The molecule has 0 aliphatic heterocycles. The van der Waals surface area contributed by atoms with E-state index in [0.717, 1.165) is 18.5 Å². The van der Waals surface area contributed by atoms with Gasteiger partial charge in [-0.2, -0.15) is 8.42 Å². The molecule has 1 fully saturated rings. The molecule has 4 rings (SSSR count). The summed E-state index contributed by atoms with van der Waals surface area (Å²) in [5.74, 6) is 0.429. The Hall–Kier alpha value is -3.11. The van der Waals surface area contributed by atoms with Crippen molar-refractivity contribution in [1.29, 1.82) is 0 Å². The molecule has 10 heteroatoms. The topological polar surface area (TPSA) is 125 Å². The van der Waals surface area contributed by atoms with Crippen LogP contribution in [-0.4, -0.2) is 49.6 Å². The van der Waals surface area contributed by atoms with E-state index in [1.165, 1.54) is 24.3 Å². The maximum atomic E-state index is 12.6. The van der Waals surface area contributed by atoms with Gasteiger partial charge in [-0.05, 0) is 49.2 Å². The van der Waals surface area contributed by atoms with Crippen LogP contribution in [0, 0.1) is 5.92 Å². The first-order valence-electron chi connectivity index (χ1n) is 9.53. The number of hydrogen-bond donors (Lipinski definition) is 3. The third kappa shape index (κ3) is 4.39. The first kappa shape index (κ1) is 20.2. The Morgan fingerprint density at radius 2 is 2.00 bits per heavy atom. The van der Waals surface area contributed by atoms with Gasteiger partial charge in [0.25, 0.3) is 0 Å². The van der Waals surface area contributed by atoms with Crippen LogP contribution in [0.3, 0.4) is 0 Å². The quantitative estimate of drug-likeness (QED) is 0.468. The number of hydrogen-bond acceptors (Lipinski definition) is 7. The molecule has 0 radical (unpaired) electrons. The number of H-pyrrole nitrogens is 1. The minimum atomic E-state index is -4.03. The fourth-order valence-electron chi connectivity index (χ4n) is 2.98. The molecule has 1 amide bonds. The molecule has 1 heterocycles. The SMILES string of the molecule is CN(CCO)c1ccc(S(=O)(=O)Oc2ccc3[nH]c(NC(=O)C4CC4)nc3c2)cc1. The minimum absolute atomic E-state index is 0.00129. The van der Waals surface area contributed by atoms with E-state index in [0.29, 0.717) is 23.5 Å². The summed E-state index contributed by atoms with van der Waals surface area (Å²) in [6.45, 7) is 0.441. The molecule has 9 nitrogen and oxygen atoms in total. The highest BCUT2D eigenvalue weighted by Gasteiger charge is 2.30. The normalized spacial score (nSPS) is 13.9. The van der Waals surface area contributed by atoms with Gasteiger partial charge in [0, 0.05) is 31.3 Å². The first-order valence-corrected chi connectivity index (χ1v) is 10.9. The molecular formula is C20H22N4O5S. The van der Waals surface area contributed by atoms with E-state index in [2.05, 4.69) is 15.3 Å². The number of nitrogens with one attached hydrogen (secondary N) is 2. The van der Waals surface area contributed by atoms with Gasteiger partial charge in [-0.3, -0.25) is 10.1 Å². The summed E-state index contributed by atoms with van der Waals surface area (Å²) in [5.41, 5.74) is 1.92. The molecule has 158 valence electrons. The van der Waals surface area contributed by atoms with E-state index in [-0.39, 0.29) is 29.1 Å². The van der Waals surface area contributed by atoms with Crippen molar-refractivity contribution >= 4 is 38.7 Å². The number of aliphatic hydroxyl groups excluding tert-OH is 1. The van der Waals surface area contributed by atoms with Crippen molar-refractivity contribution < 1.29 is 22.5 Å². The maximum absolute atomic E-state index is 12.6. The second-order valence-electron chi connectivity index (χ2n) is 7.20. The van der Waals surface area contributed by atoms with E-state index in [1.807, 2.05) is 4.90 Å². The van der Waals surface area contributed by atoms with Gasteiger partial charge in [-0.15, -0.1) is 0 Å². The van der Waals surface area contributed by atoms with Crippen molar-refractivity contribution in [2.75, 3.05) is 30.4 Å². The summed E-state index contributed by atoms with van der Waals surface area (Å²) in [7, 11) is -2.23. The van der Waals surface area contributed by atoms with Crippen molar-refractivity contribution in [2.45, 2.75) is 17.7 Å². The average molecular weight is 430 g/mol. The molecule has 1 saturated carbocycles. The number of aromatic amines is 1. The zero-order chi connectivity index (χ0) is 21.3. The summed E-state index contributed by atoms with van der Waals surface area (Å²) in [6, 6.07) is 10.9. The Labute approximate surface area is 173 Å². The van der Waals surface area contributed by atoms with Crippen LogP contribution in [0.5, 0.6) is 5.75 Å². The third-order valence-corrected chi connectivity index (χ3v) is 6.11. The second-order valence-corrected chi connectivity index (χ2v) is 8.75. The highest BCUT2D eigenvalue weighted by molar-refractivity contribution is 7.87. The summed E-state index contributed by atoms with van der Waals surface area (Å²) < 4.78 is 30.5. The summed E-state index contributed by atoms with van der Waals surface area (Å²) >= 11 is 0. The number of carbonyl (C=O) groups is 1. The smallest absolute Gasteiger partial charge is 0.339 e. The van der Waals surface area contributed by atoms with Crippen molar-refractivity contribution in [3.63, 3.8) is 0 Å². The predicted octanol–water partition coefficient (Wildman–Crippen LogP) is 2.11. The lowest BCUT2D eigenvalue weighted by molar-refractivity contribution is -0.117. The number of likely N-dealkylation sites (N-methyl/N-ethyl adjacent to an activating group) is 1. The Balaban J connectivity index is 1.50. The van der Waals surface area contributed by atoms with Crippen LogP contribution >= 0.6 is 0 Å². The number of aromatic nitrogens is 2. The third-order valence-electron chi connectivity index (χ3n) is 4.85. The number of benzene rings is 2. The van der Waals surface area contributed by atoms with Gasteiger partial charge in [0.1, 0.15) is 10.6 Å².